The fraction of sp³-hybridized carbons (Fsp3) is 0.286. The van der Waals surface area contributed by atoms with Crippen LogP contribution in [0.5, 0.6) is 0 Å². The molecule has 118 valence electrons. The summed E-state index contributed by atoms with van der Waals surface area (Å²) >= 11 is 0. The first-order chi connectivity index (χ1) is 10.3. The average Bonchev–Trinajstić information content (AvgIpc) is 2.79. The van der Waals surface area contributed by atoms with E-state index in [9.17, 15) is 13.2 Å². The maximum atomic E-state index is 12.2. The molecule has 0 aliphatic heterocycles. The number of sulfonamides is 1. The van der Waals surface area contributed by atoms with E-state index in [2.05, 4.69) is 20.2 Å². The Kier molecular flexibility index (Phi) is 4.62. The number of carbonyl (C=O) groups is 1. The SMILES string of the molecule is Cc1ccccc1NC(=O)CNS(=O)(=O)c1c(C)n[nH]c1C. The summed E-state index contributed by atoms with van der Waals surface area (Å²) in [6, 6.07) is 7.27. The van der Waals surface area contributed by atoms with E-state index in [1.54, 1.807) is 26.0 Å². The van der Waals surface area contributed by atoms with Gasteiger partial charge < -0.3 is 5.32 Å². The molecule has 1 aromatic heterocycles. The van der Waals surface area contributed by atoms with Crippen molar-refractivity contribution in [2.45, 2.75) is 25.7 Å². The van der Waals surface area contributed by atoms with Crippen molar-refractivity contribution in [3.05, 3.63) is 41.2 Å². The second-order valence-corrected chi connectivity index (χ2v) is 6.65. The zero-order chi connectivity index (χ0) is 16.3. The lowest BCUT2D eigenvalue weighted by molar-refractivity contribution is -0.115. The van der Waals surface area contributed by atoms with Crippen molar-refractivity contribution in [1.82, 2.24) is 14.9 Å². The monoisotopic (exact) mass is 322 g/mol. The van der Waals surface area contributed by atoms with E-state index in [0.29, 0.717) is 17.1 Å². The Hall–Kier alpha value is -2.19. The van der Waals surface area contributed by atoms with Gasteiger partial charge in [0.2, 0.25) is 15.9 Å². The number of rotatable bonds is 5. The average molecular weight is 322 g/mol. The summed E-state index contributed by atoms with van der Waals surface area (Å²) in [5.41, 5.74) is 2.36. The van der Waals surface area contributed by atoms with Gasteiger partial charge in [-0.2, -0.15) is 5.10 Å². The Morgan fingerprint density at radius 2 is 1.91 bits per heavy atom. The van der Waals surface area contributed by atoms with E-state index in [1.807, 2.05) is 19.1 Å². The molecule has 0 atom stereocenters. The van der Waals surface area contributed by atoms with Crippen LogP contribution in [0.2, 0.25) is 0 Å². The van der Waals surface area contributed by atoms with Crippen LogP contribution in [0, 0.1) is 20.8 Å². The molecule has 0 fully saturated rings. The van der Waals surface area contributed by atoms with Crippen LogP contribution in [-0.2, 0) is 14.8 Å². The molecule has 0 aliphatic rings. The van der Waals surface area contributed by atoms with Crippen molar-refractivity contribution in [2.24, 2.45) is 0 Å². The summed E-state index contributed by atoms with van der Waals surface area (Å²) in [6.45, 7) is 4.71. The first-order valence-corrected chi connectivity index (χ1v) is 8.16. The van der Waals surface area contributed by atoms with Gasteiger partial charge >= 0.3 is 0 Å². The van der Waals surface area contributed by atoms with Crippen LogP contribution in [0.25, 0.3) is 0 Å². The van der Waals surface area contributed by atoms with Crippen molar-refractivity contribution in [3.63, 3.8) is 0 Å². The number of benzene rings is 1. The molecule has 0 aliphatic carbocycles. The molecular weight excluding hydrogens is 304 g/mol. The molecule has 1 aromatic carbocycles. The van der Waals surface area contributed by atoms with Crippen LogP contribution < -0.4 is 10.0 Å². The summed E-state index contributed by atoms with van der Waals surface area (Å²) in [4.78, 5) is 12.0. The normalized spacial score (nSPS) is 11.4. The van der Waals surface area contributed by atoms with Crippen LogP contribution in [0.4, 0.5) is 5.69 Å². The number of amides is 1. The van der Waals surface area contributed by atoms with Gasteiger partial charge in [-0.1, -0.05) is 18.2 Å². The predicted octanol–water partition coefficient (Wildman–Crippen LogP) is 1.25. The van der Waals surface area contributed by atoms with Crippen molar-refractivity contribution in [1.29, 1.82) is 0 Å². The minimum absolute atomic E-state index is 0.0798. The number of nitrogens with one attached hydrogen (secondary N) is 3. The van der Waals surface area contributed by atoms with Gasteiger partial charge in [0.1, 0.15) is 4.90 Å². The molecule has 22 heavy (non-hydrogen) atoms. The molecular formula is C14H18N4O3S. The lowest BCUT2D eigenvalue weighted by Gasteiger charge is -2.09. The lowest BCUT2D eigenvalue weighted by Crippen LogP contribution is -2.33. The first kappa shape index (κ1) is 16.2. The number of hydrogen-bond donors (Lipinski definition) is 3. The van der Waals surface area contributed by atoms with E-state index in [-0.39, 0.29) is 11.4 Å². The Bertz CT molecular complexity index is 777. The highest BCUT2D eigenvalue weighted by Gasteiger charge is 2.22. The number of carbonyl (C=O) groups excluding carboxylic acids is 1. The second kappa shape index (κ2) is 6.29. The van der Waals surface area contributed by atoms with Gasteiger partial charge in [0, 0.05) is 5.69 Å². The summed E-state index contributed by atoms with van der Waals surface area (Å²) < 4.78 is 26.7. The van der Waals surface area contributed by atoms with Crippen molar-refractivity contribution in [2.75, 3.05) is 11.9 Å². The Labute approximate surface area is 129 Å². The summed E-state index contributed by atoms with van der Waals surface area (Å²) in [7, 11) is -3.78. The van der Waals surface area contributed by atoms with E-state index in [0.717, 1.165) is 5.56 Å². The van der Waals surface area contributed by atoms with Crippen molar-refractivity contribution in [3.8, 4) is 0 Å². The predicted molar refractivity (Wildman–Crippen MR) is 83.1 cm³/mol. The van der Waals surface area contributed by atoms with Crippen molar-refractivity contribution < 1.29 is 13.2 Å². The minimum atomic E-state index is -3.78. The fourth-order valence-electron chi connectivity index (χ4n) is 2.08. The largest absolute Gasteiger partial charge is 0.325 e. The highest BCUT2D eigenvalue weighted by molar-refractivity contribution is 7.89. The quantitative estimate of drug-likeness (QED) is 0.770. The number of H-pyrrole nitrogens is 1. The third-order valence-electron chi connectivity index (χ3n) is 3.17. The van der Waals surface area contributed by atoms with Gasteiger partial charge in [0.05, 0.1) is 17.9 Å². The summed E-state index contributed by atoms with van der Waals surface area (Å²) in [5, 5.41) is 9.12. The summed E-state index contributed by atoms with van der Waals surface area (Å²) in [6.07, 6.45) is 0. The van der Waals surface area contributed by atoms with E-state index >= 15 is 0 Å². The molecule has 3 N–H and O–H groups in total. The molecule has 2 rings (SSSR count). The van der Waals surface area contributed by atoms with Crippen LogP contribution in [0.1, 0.15) is 17.0 Å². The highest BCUT2D eigenvalue weighted by atomic mass is 32.2. The summed E-state index contributed by atoms with van der Waals surface area (Å²) in [5.74, 6) is -0.434. The smallest absolute Gasteiger partial charge is 0.244 e. The number of aryl methyl sites for hydroxylation is 3. The highest BCUT2D eigenvalue weighted by Crippen LogP contribution is 2.16. The molecule has 0 unspecified atom stereocenters. The van der Waals surface area contributed by atoms with Crippen LogP contribution in [0.3, 0.4) is 0 Å². The number of aromatic amines is 1. The second-order valence-electron chi connectivity index (χ2n) is 4.95. The van der Waals surface area contributed by atoms with Crippen LogP contribution in [-0.4, -0.2) is 31.1 Å². The zero-order valence-corrected chi connectivity index (χ0v) is 13.4. The van der Waals surface area contributed by atoms with E-state index < -0.39 is 15.9 Å². The third-order valence-corrected chi connectivity index (χ3v) is 4.83. The number of nitrogens with zero attached hydrogens (tertiary/aromatic N) is 1. The van der Waals surface area contributed by atoms with Gasteiger partial charge in [-0.05, 0) is 32.4 Å². The molecule has 0 radical (unpaired) electrons. The Morgan fingerprint density at radius 1 is 1.23 bits per heavy atom. The van der Waals surface area contributed by atoms with Gasteiger partial charge in [-0.3, -0.25) is 9.89 Å². The van der Waals surface area contributed by atoms with Crippen molar-refractivity contribution >= 4 is 21.6 Å². The maximum Gasteiger partial charge on any atom is 0.244 e. The zero-order valence-electron chi connectivity index (χ0n) is 12.6. The molecule has 1 amide bonds. The Morgan fingerprint density at radius 3 is 2.50 bits per heavy atom. The molecule has 0 saturated carbocycles. The Balaban J connectivity index is 2.04. The van der Waals surface area contributed by atoms with Gasteiger partial charge in [0.15, 0.2) is 0 Å². The number of hydrogen-bond acceptors (Lipinski definition) is 4. The molecule has 2 aromatic rings. The molecule has 0 saturated heterocycles. The molecule has 0 bridgehead atoms. The van der Waals surface area contributed by atoms with Gasteiger partial charge in [0.25, 0.3) is 0 Å². The molecule has 8 heteroatoms. The fourth-order valence-corrected chi connectivity index (χ4v) is 3.43. The minimum Gasteiger partial charge on any atom is -0.325 e. The van der Waals surface area contributed by atoms with E-state index in [4.69, 9.17) is 0 Å². The molecule has 1 heterocycles. The van der Waals surface area contributed by atoms with E-state index in [1.165, 1.54) is 0 Å². The number of aromatic nitrogens is 2. The van der Waals surface area contributed by atoms with Crippen LogP contribution >= 0.6 is 0 Å². The standard InChI is InChI=1S/C14H18N4O3S/c1-9-6-4-5-7-12(9)16-13(19)8-15-22(20,21)14-10(2)17-18-11(14)3/h4-7,15H,8H2,1-3H3,(H,16,19)(H,17,18). The van der Waals surface area contributed by atoms with Gasteiger partial charge in [-0.25, -0.2) is 13.1 Å². The topological polar surface area (TPSA) is 104 Å². The maximum absolute atomic E-state index is 12.2. The number of para-hydroxylation sites is 1. The molecule has 7 nitrogen and oxygen atoms in total. The number of anilines is 1. The van der Waals surface area contributed by atoms with Crippen LogP contribution in [0.15, 0.2) is 29.2 Å². The third kappa shape index (κ3) is 3.52. The van der Waals surface area contributed by atoms with Gasteiger partial charge in [-0.15, -0.1) is 0 Å². The molecule has 0 spiro atoms. The lowest BCUT2D eigenvalue weighted by atomic mass is 10.2. The first-order valence-electron chi connectivity index (χ1n) is 6.68.